The van der Waals surface area contributed by atoms with Crippen LogP contribution in [0.4, 0.5) is 0 Å². The van der Waals surface area contributed by atoms with Crippen molar-refractivity contribution < 1.29 is 14.6 Å². The first-order valence-corrected chi connectivity index (χ1v) is 8.27. The number of hydrogen-bond acceptors (Lipinski definition) is 4. The van der Waals surface area contributed by atoms with E-state index in [-0.39, 0.29) is 6.42 Å². The zero-order chi connectivity index (χ0) is 15.4. The number of pyridine rings is 1. The van der Waals surface area contributed by atoms with Crippen LogP contribution in [0.1, 0.15) is 49.1 Å². The van der Waals surface area contributed by atoms with Crippen molar-refractivity contribution in [2.75, 3.05) is 19.7 Å². The van der Waals surface area contributed by atoms with Crippen LogP contribution in [0, 0.1) is 5.92 Å². The maximum absolute atomic E-state index is 10.8. The molecule has 5 heteroatoms. The number of aromatic nitrogens is 1. The summed E-state index contributed by atoms with van der Waals surface area (Å²) in [5.74, 6) is 1.10. The Kier molecular flexibility index (Phi) is 4.93. The summed E-state index contributed by atoms with van der Waals surface area (Å²) in [5, 5.41) is 12.3. The van der Waals surface area contributed by atoms with Gasteiger partial charge >= 0.3 is 5.97 Å². The van der Waals surface area contributed by atoms with Gasteiger partial charge in [-0.15, -0.1) is 0 Å². The zero-order valence-electron chi connectivity index (χ0n) is 12.9. The maximum Gasteiger partial charge on any atom is 0.303 e. The molecule has 2 aliphatic rings. The van der Waals surface area contributed by atoms with E-state index in [2.05, 4.69) is 10.3 Å². The van der Waals surface area contributed by atoms with Gasteiger partial charge in [-0.25, -0.2) is 4.98 Å². The van der Waals surface area contributed by atoms with Gasteiger partial charge in [-0.2, -0.15) is 0 Å². The summed E-state index contributed by atoms with van der Waals surface area (Å²) in [6, 6.07) is 1.95. The van der Waals surface area contributed by atoms with Crippen molar-refractivity contribution >= 4 is 5.97 Å². The molecule has 1 aromatic heterocycles. The predicted octanol–water partition coefficient (Wildman–Crippen LogP) is 2.35. The van der Waals surface area contributed by atoms with Crippen LogP contribution in [0.2, 0.25) is 0 Å². The number of nitrogens with zero attached hydrogens (tertiary/aromatic N) is 1. The molecule has 0 radical (unpaired) electrons. The first kappa shape index (κ1) is 15.3. The topological polar surface area (TPSA) is 71.5 Å². The van der Waals surface area contributed by atoms with Crippen molar-refractivity contribution in [1.82, 2.24) is 10.3 Å². The third kappa shape index (κ3) is 3.97. The number of carbonyl (C=O) groups is 1. The van der Waals surface area contributed by atoms with Gasteiger partial charge in [0.05, 0.1) is 6.61 Å². The number of rotatable bonds is 7. The third-order valence-electron chi connectivity index (χ3n) is 4.55. The molecule has 3 rings (SSSR count). The average molecular weight is 304 g/mol. The first-order chi connectivity index (χ1) is 10.7. The minimum Gasteiger partial charge on any atom is -0.481 e. The molecule has 2 fully saturated rings. The zero-order valence-corrected chi connectivity index (χ0v) is 12.9. The van der Waals surface area contributed by atoms with Gasteiger partial charge < -0.3 is 15.2 Å². The summed E-state index contributed by atoms with van der Waals surface area (Å²) >= 11 is 0. The highest BCUT2D eigenvalue weighted by molar-refractivity contribution is 5.67. The van der Waals surface area contributed by atoms with Crippen LogP contribution in [-0.4, -0.2) is 35.8 Å². The molecule has 1 aliphatic heterocycles. The summed E-state index contributed by atoms with van der Waals surface area (Å²) in [6.07, 6.45) is 7.10. The Morgan fingerprint density at radius 1 is 1.32 bits per heavy atom. The highest BCUT2D eigenvalue weighted by atomic mass is 16.5. The highest BCUT2D eigenvalue weighted by Crippen LogP contribution is 2.45. The van der Waals surface area contributed by atoms with E-state index in [9.17, 15) is 4.79 Å². The Morgan fingerprint density at radius 2 is 2.09 bits per heavy atom. The lowest BCUT2D eigenvalue weighted by molar-refractivity contribution is -0.136. The first-order valence-electron chi connectivity index (χ1n) is 8.27. The van der Waals surface area contributed by atoms with Gasteiger partial charge in [0.15, 0.2) is 0 Å². The van der Waals surface area contributed by atoms with Gasteiger partial charge in [0.25, 0.3) is 0 Å². The fourth-order valence-corrected chi connectivity index (χ4v) is 3.12. The molecular weight excluding hydrogens is 280 g/mol. The number of aryl methyl sites for hydroxylation is 1. The molecule has 2 heterocycles. The molecule has 0 atom stereocenters. The van der Waals surface area contributed by atoms with E-state index in [1.165, 1.54) is 0 Å². The van der Waals surface area contributed by atoms with Crippen molar-refractivity contribution in [3.05, 3.63) is 23.4 Å². The minimum absolute atomic E-state index is 0.164. The highest BCUT2D eigenvalue weighted by Gasteiger charge is 2.30. The molecule has 0 amide bonds. The minimum atomic E-state index is -0.754. The Morgan fingerprint density at radius 3 is 2.77 bits per heavy atom. The van der Waals surface area contributed by atoms with E-state index in [0.29, 0.717) is 18.3 Å². The Bertz CT molecular complexity index is 523. The van der Waals surface area contributed by atoms with Gasteiger partial charge in [0, 0.05) is 18.2 Å². The number of carboxylic acids is 1. The Balaban J connectivity index is 1.69. The normalized spacial score (nSPS) is 19.1. The van der Waals surface area contributed by atoms with Gasteiger partial charge in [0.2, 0.25) is 5.88 Å². The molecule has 2 N–H and O–H groups in total. The smallest absolute Gasteiger partial charge is 0.303 e. The van der Waals surface area contributed by atoms with Gasteiger partial charge in [-0.1, -0.05) is 0 Å². The molecule has 0 spiro atoms. The molecule has 0 bridgehead atoms. The quantitative estimate of drug-likeness (QED) is 0.809. The number of carboxylic acid groups (broad SMARTS) is 1. The van der Waals surface area contributed by atoms with Gasteiger partial charge in [-0.3, -0.25) is 4.79 Å². The van der Waals surface area contributed by atoms with Crippen LogP contribution in [0.5, 0.6) is 5.88 Å². The maximum atomic E-state index is 10.8. The van der Waals surface area contributed by atoms with Crippen LogP contribution < -0.4 is 10.1 Å². The van der Waals surface area contributed by atoms with Crippen LogP contribution in [0.25, 0.3) is 0 Å². The number of hydrogen-bond donors (Lipinski definition) is 2. The standard InChI is InChI=1S/C17H24N2O3/c20-15(21)4-3-14-7-10-19-17(16(14)13-1-2-13)22-11-12-5-8-18-9-6-12/h7,10,12-13,18H,1-6,8-9,11H2,(H,20,21). The molecule has 1 aliphatic carbocycles. The van der Waals surface area contributed by atoms with E-state index in [0.717, 1.165) is 62.4 Å². The summed E-state index contributed by atoms with van der Waals surface area (Å²) in [5.41, 5.74) is 2.26. The van der Waals surface area contributed by atoms with Gasteiger partial charge in [0.1, 0.15) is 0 Å². The van der Waals surface area contributed by atoms with E-state index >= 15 is 0 Å². The molecule has 1 aromatic rings. The number of nitrogens with one attached hydrogen (secondary N) is 1. The third-order valence-corrected chi connectivity index (χ3v) is 4.55. The number of aliphatic carboxylic acids is 1. The number of ether oxygens (including phenoxy) is 1. The molecule has 22 heavy (non-hydrogen) atoms. The van der Waals surface area contributed by atoms with Crippen LogP contribution >= 0.6 is 0 Å². The monoisotopic (exact) mass is 304 g/mol. The SMILES string of the molecule is O=C(O)CCc1ccnc(OCC2CCNCC2)c1C1CC1. The second-order valence-corrected chi connectivity index (χ2v) is 6.36. The largest absolute Gasteiger partial charge is 0.481 e. The predicted molar refractivity (Wildman–Crippen MR) is 83.3 cm³/mol. The van der Waals surface area contributed by atoms with Crippen LogP contribution in [0.15, 0.2) is 12.3 Å². The second kappa shape index (κ2) is 7.09. The van der Waals surface area contributed by atoms with Gasteiger partial charge in [-0.05, 0) is 68.7 Å². The molecule has 0 unspecified atom stereocenters. The summed E-state index contributed by atoms with van der Waals surface area (Å²) in [7, 11) is 0. The molecule has 120 valence electrons. The van der Waals surface area contributed by atoms with E-state index in [4.69, 9.17) is 9.84 Å². The van der Waals surface area contributed by atoms with E-state index < -0.39 is 5.97 Å². The fraction of sp³-hybridized carbons (Fsp3) is 0.647. The Labute approximate surface area is 131 Å². The van der Waals surface area contributed by atoms with Crippen LogP contribution in [0.3, 0.4) is 0 Å². The molecule has 1 saturated carbocycles. The molecule has 5 nitrogen and oxygen atoms in total. The van der Waals surface area contributed by atoms with Crippen molar-refractivity contribution in [3.63, 3.8) is 0 Å². The van der Waals surface area contributed by atoms with Crippen LogP contribution in [-0.2, 0) is 11.2 Å². The van der Waals surface area contributed by atoms with Crippen molar-refractivity contribution in [1.29, 1.82) is 0 Å². The summed E-state index contributed by atoms with van der Waals surface area (Å²) in [4.78, 5) is 15.3. The van der Waals surface area contributed by atoms with E-state index in [1.807, 2.05) is 6.07 Å². The molecule has 0 aromatic carbocycles. The Hall–Kier alpha value is -1.62. The number of piperidine rings is 1. The summed E-state index contributed by atoms with van der Waals surface area (Å²) < 4.78 is 6.04. The molecule has 1 saturated heterocycles. The lowest BCUT2D eigenvalue weighted by atomic mass is 9.99. The lowest BCUT2D eigenvalue weighted by Gasteiger charge is -2.23. The summed E-state index contributed by atoms with van der Waals surface area (Å²) in [6.45, 7) is 2.85. The van der Waals surface area contributed by atoms with E-state index in [1.54, 1.807) is 6.20 Å². The lowest BCUT2D eigenvalue weighted by Crippen LogP contribution is -2.30. The van der Waals surface area contributed by atoms with Crippen molar-refractivity contribution in [2.24, 2.45) is 5.92 Å². The molecular formula is C17H24N2O3. The van der Waals surface area contributed by atoms with Crippen molar-refractivity contribution in [2.45, 2.75) is 44.4 Å². The van der Waals surface area contributed by atoms with Crippen molar-refractivity contribution in [3.8, 4) is 5.88 Å². The second-order valence-electron chi connectivity index (χ2n) is 6.36. The fourth-order valence-electron chi connectivity index (χ4n) is 3.12. The average Bonchev–Trinajstić information content (AvgIpc) is 3.36.